The third-order valence-electron chi connectivity index (χ3n) is 5.06. The molecule has 0 aromatic heterocycles. The Balaban J connectivity index is 1.79. The zero-order chi connectivity index (χ0) is 25.4. The van der Waals surface area contributed by atoms with Crippen molar-refractivity contribution in [3.63, 3.8) is 0 Å². The van der Waals surface area contributed by atoms with Gasteiger partial charge >= 0.3 is 0 Å². The number of hydrogen-bond acceptors (Lipinski definition) is 6. The number of rotatable bonds is 11. The van der Waals surface area contributed by atoms with Crippen LogP contribution in [0, 0.1) is 6.92 Å². The van der Waals surface area contributed by atoms with E-state index in [4.69, 9.17) is 21.1 Å². The zero-order valence-corrected chi connectivity index (χ0v) is 22.0. The van der Waals surface area contributed by atoms with Crippen LogP contribution in [-0.4, -0.2) is 47.4 Å². The molecule has 0 spiro atoms. The maximum absolute atomic E-state index is 13.6. The van der Waals surface area contributed by atoms with Crippen LogP contribution < -0.4 is 19.1 Å². The molecule has 1 amide bonds. The third kappa shape index (κ3) is 7.06. The van der Waals surface area contributed by atoms with E-state index in [1.54, 1.807) is 54.2 Å². The van der Waals surface area contributed by atoms with Gasteiger partial charge in [0.1, 0.15) is 18.0 Å². The molecule has 35 heavy (non-hydrogen) atoms. The van der Waals surface area contributed by atoms with Gasteiger partial charge in [0.2, 0.25) is 5.91 Å². The molecule has 0 aliphatic carbocycles. The molecule has 3 aromatic carbocycles. The van der Waals surface area contributed by atoms with Crippen molar-refractivity contribution in [1.29, 1.82) is 0 Å². The van der Waals surface area contributed by atoms with E-state index in [1.165, 1.54) is 26.4 Å². The van der Waals surface area contributed by atoms with E-state index in [0.717, 1.165) is 14.8 Å². The average Bonchev–Trinajstić information content (AvgIpc) is 2.86. The van der Waals surface area contributed by atoms with Crippen molar-refractivity contribution in [2.75, 3.05) is 37.4 Å². The number of carbonyl (C=O) groups is 1. The number of benzene rings is 3. The van der Waals surface area contributed by atoms with Crippen LogP contribution in [0.3, 0.4) is 0 Å². The molecule has 3 aromatic rings. The summed E-state index contributed by atoms with van der Waals surface area (Å²) in [5.41, 5.74) is 1.16. The molecule has 0 atom stereocenters. The topological polar surface area (TPSA) is 84.9 Å². The van der Waals surface area contributed by atoms with Gasteiger partial charge in [-0.1, -0.05) is 29.3 Å². The van der Waals surface area contributed by atoms with Crippen molar-refractivity contribution < 1.29 is 22.7 Å². The highest BCUT2D eigenvalue weighted by molar-refractivity contribution is 7.99. The molecule has 186 valence electrons. The number of halogens is 1. The lowest BCUT2D eigenvalue weighted by Crippen LogP contribution is -2.41. The average molecular weight is 535 g/mol. The molecule has 0 aliphatic rings. The van der Waals surface area contributed by atoms with Gasteiger partial charge in [-0.3, -0.25) is 9.10 Å². The first-order valence-corrected chi connectivity index (χ1v) is 13.5. The summed E-state index contributed by atoms with van der Waals surface area (Å²) < 4.78 is 38.9. The monoisotopic (exact) mass is 534 g/mol. The molecule has 0 aliphatic heterocycles. The number of anilines is 1. The Labute approximate surface area is 215 Å². The standard InChI is InChI=1S/C25H27ClN2O5S2/c1-18-4-11-22(12-5-18)35(30,31)28(23-13-8-20(32-2)16-24(23)33-3)17-25(29)27-14-15-34-21-9-6-19(26)7-10-21/h4-13,16H,14-15,17H2,1-3H3,(H,27,29). The van der Waals surface area contributed by atoms with Crippen molar-refractivity contribution in [3.05, 3.63) is 77.3 Å². The molecule has 0 saturated carbocycles. The van der Waals surface area contributed by atoms with E-state index < -0.39 is 22.5 Å². The predicted octanol–water partition coefficient (Wildman–Crippen LogP) is 4.77. The molecular formula is C25H27ClN2O5S2. The lowest BCUT2D eigenvalue weighted by Gasteiger charge is -2.26. The van der Waals surface area contributed by atoms with E-state index in [-0.39, 0.29) is 16.3 Å². The molecule has 3 rings (SSSR count). The highest BCUT2D eigenvalue weighted by Gasteiger charge is 2.29. The fourth-order valence-corrected chi connectivity index (χ4v) is 5.53. The first kappa shape index (κ1) is 26.7. The Morgan fingerprint density at radius 2 is 1.69 bits per heavy atom. The predicted molar refractivity (Wildman–Crippen MR) is 140 cm³/mol. The summed E-state index contributed by atoms with van der Waals surface area (Å²) in [6, 6.07) is 18.6. The minimum atomic E-state index is -4.06. The fraction of sp³-hybridized carbons (Fsp3) is 0.240. The molecule has 10 heteroatoms. The summed E-state index contributed by atoms with van der Waals surface area (Å²) in [6.07, 6.45) is 0. The van der Waals surface area contributed by atoms with Gasteiger partial charge in [0.25, 0.3) is 10.0 Å². The van der Waals surface area contributed by atoms with Crippen molar-refractivity contribution in [2.45, 2.75) is 16.7 Å². The minimum absolute atomic E-state index is 0.0760. The third-order valence-corrected chi connectivity index (χ3v) is 8.10. The van der Waals surface area contributed by atoms with E-state index in [1.807, 2.05) is 19.1 Å². The number of nitrogens with zero attached hydrogens (tertiary/aromatic N) is 1. The fourth-order valence-electron chi connectivity index (χ4n) is 3.20. The number of carbonyl (C=O) groups excluding carboxylic acids is 1. The summed E-state index contributed by atoms with van der Waals surface area (Å²) in [4.78, 5) is 13.9. The van der Waals surface area contributed by atoms with Gasteiger partial charge in [-0.15, -0.1) is 11.8 Å². The number of hydrogen-bond donors (Lipinski definition) is 1. The Kier molecular flexibility index (Phi) is 9.31. The van der Waals surface area contributed by atoms with Gasteiger partial charge < -0.3 is 14.8 Å². The summed E-state index contributed by atoms with van der Waals surface area (Å²) in [7, 11) is -1.12. The van der Waals surface area contributed by atoms with Crippen LogP contribution in [0.2, 0.25) is 5.02 Å². The maximum Gasteiger partial charge on any atom is 0.264 e. The number of thioether (sulfide) groups is 1. The molecule has 0 heterocycles. The zero-order valence-electron chi connectivity index (χ0n) is 19.7. The Morgan fingerprint density at radius 1 is 1.00 bits per heavy atom. The van der Waals surface area contributed by atoms with Gasteiger partial charge in [-0.2, -0.15) is 0 Å². The van der Waals surface area contributed by atoms with Crippen LogP contribution in [0.15, 0.2) is 76.5 Å². The van der Waals surface area contributed by atoms with Gasteiger partial charge in [0, 0.05) is 28.3 Å². The normalized spacial score (nSPS) is 11.1. The highest BCUT2D eigenvalue weighted by Crippen LogP contribution is 2.35. The Hall–Kier alpha value is -2.88. The maximum atomic E-state index is 13.6. The van der Waals surface area contributed by atoms with Crippen molar-refractivity contribution >= 4 is 45.0 Å². The SMILES string of the molecule is COc1ccc(N(CC(=O)NCCSc2ccc(Cl)cc2)S(=O)(=O)c2ccc(C)cc2)c(OC)c1. The van der Waals surface area contributed by atoms with Gasteiger partial charge in [0.05, 0.1) is 24.8 Å². The van der Waals surface area contributed by atoms with E-state index in [0.29, 0.717) is 23.1 Å². The largest absolute Gasteiger partial charge is 0.497 e. The Bertz CT molecular complexity index is 1250. The lowest BCUT2D eigenvalue weighted by atomic mass is 10.2. The van der Waals surface area contributed by atoms with Crippen molar-refractivity contribution in [1.82, 2.24) is 5.32 Å². The summed E-state index contributed by atoms with van der Waals surface area (Å²) in [6.45, 7) is 1.82. The van der Waals surface area contributed by atoms with Gasteiger partial charge in [-0.25, -0.2) is 8.42 Å². The Morgan fingerprint density at radius 3 is 2.31 bits per heavy atom. The van der Waals surface area contributed by atoms with Gasteiger partial charge in [-0.05, 0) is 55.5 Å². The molecule has 0 unspecified atom stereocenters. The first-order valence-electron chi connectivity index (χ1n) is 10.7. The molecular weight excluding hydrogens is 508 g/mol. The van der Waals surface area contributed by atoms with Crippen molar-refractivity contribution in [2.24, 2.45) is 0 Å². The first-order chi connectivity index (χ1) is 16.7. The van der Waals surface area contributed by atoms with Gasteiger partial charge in [0.15, 0.2) is 0 Å². The van der Waals surface area contributed by atoms with Crippen LogP contribution in [0.25, 0.3) is 0 Å². The molecule has 1 N–H and O–H groups in total. The van der Waals surface area contributed by atoms with Crippen LogP contribution in [0.4, 0.5) is 5.69 Å². The summed E-state index contributed by atoms with van der Waals surface area (Å²) >= 11 is 7.47. The van der Waals surface area contributed by atoms with Crippen LogP contribution >= 0.6 is 23.4 Å². The number of aryl methyl sites for hydroxylation is 1. The smallest absolute Gasteiger partial charge is 0.264 e. The van der Waals surface area contributed by atoms with Crippen LogP contribution in [0.5, 0.6) is 11.5 Å². The number of sulfonamides is 1. The lowest BCUT2D eigenvalue weighted by molar-refractivity contribution is -0.119. The number of nitrogens with one attached hydrogen (secondary N) is 1. The van der Waals surface area contributed by atoms with E-state index in [2.05, 4.69) is 5.32 Å². The van der Waals surface area contributed by atoms with E-state index >= 15 is 0 Å². The molecule has 0 saturated heterocycles. The number of amides is 1. The van der Waals surface area contributed by atoms with Crippen LogP contribution in [-0.2, 0) is 14.8 Å². The van der Waals surface area contributed by atoms with Crippen LogP contribution in [0.1, 0.15) is 5.56 Å². The second-order valence-electron chi connectivity index (χ2n) is 7.51. The summed E-state index contributed by atoms with van der Waals surface area (Å²) in [5, 5.41) is 3.46. The van der Waals surface area contributed by atoms with Crippen molar-refractivity contribution in [3.8, 4) is 11.5 Å². The number of ether oxygens (including phenoxy) is 2. The molecule has 0 fully saturated rings. The summed E-state index contributed by atoms with van der Waals surface area (Å²) in [5.74, 6) is 0.951. The molecule has 0 bridgehead atoms. The molecule has 0 radical (unpaired) electrons. The molecule has 7 nitrogen and oxygen atoms in total. The second-order valence-corrected chi connectivity index (χ2v) is 11.0. The second kappa shape index (κ2) is 12.2. The quantitative estimate of drug-likeness (QED) is 0.282. The number of methoxy groups -OCH3 is 2. The van der Waals surface area contributed by atoms with E-state index in [9.17, 15) is 13.2 Å². The minimum Gasteiger partial charge on any atom is -0.497 e. The highest BCUT2D eigenvalue weighted by atomic mass is 35.5.